The molecular formula is C15H17FN4O. The number of nitrogens with zero attached hydrogens (tertiary/aromatic N) is 2. The fourth-order valence-corrected chi connectivity index (χ4v) is 1.99. The van der Waals surface area contributed by atoms with E-state index in [4.69, 9.17) is 5.84 Å². The van der Waals surface area contributed by atoms with E-state index in [2.05, 4.69) is 10.4 Å². The summed E-state index contributed by atoms with van der Waals surface area (Å²) >= 11 is 0. The van der Waals surface area contributed by atoms with Gasteiger partial charge in [0.15, 0.2) is 0 Å². The Morgan fingerprint density at radius 1 is 1.38 bits per heavy atom. The third kappa shape index (κ3) is 3.55. The maximum Gasteiger partial charge on any atom is 0.257 e. The second kappa shape index (κ2) is 6.32. The summed E-state index contributed by atoms with van der Waals surface area (Å²) < 4.78 is 12.9. The lowest BCUT2D eigenvalue weighted by Crippen LogP contribution is -2.28. The number of hydrogen-bond donors (Lipinski definition) is 2. The summed E-state index contributed by atoms with van der Waals surface area (Å²) in [5, 5.41) is 0. The lowest BCUT2D eigenvalue weighted by molar-refractivity contribution is 0.0785. The van der Waals surface area contributed by atoms with Gasteiger partial charge in [-0.25, -0.2) is 4.39 Å². The van der Waals surface area contributed by atoms with Crippen LogP contribution in [0.25, 0.3) is 0 Å². The topological polar surface area (TPSA) is 71.2 Å². The molecule has 5 nitrogen and oxygen atoms in total. The van der Waals surface area contributed by atoms with E-state index in [1.165, 1.54) is 23.2 Å². The fourth-order valence-electron chi connectivity index (χ4n) is 1.99. The van der Waals surface area contributed by atoms with Gasteiger partial charge in [-0.1, -0.05) is 12.1 Å². The quantitative estimate of drug-likeness (QED) is 0.667. The number of aromatic nitrogens is 1. The number of nitrogen functional groups attached to an aromatic ring is 1. The zero-order chi connectivity index (χ0) is 15.4. The molecule has 0 radical (unpaired) electrons. The van der Waals surface area contributed by atoms with Crippen molar-refractivity contribution in [2.24, 2.45) is 5.84 Å². The van der Waals surface area contributed by atoms with Gasteiger partial charge in [0.2, 0.25) is 0 Å². The first-order valence-electron chi connectivity index (χ1n) is 6.44. The molecule has 21 heavy (non-hydrogen) atoms. The molecule has 0 spiro atoms. The van der Waals surface area contributed by atoms with Crippen molar-refractivity contribution in [3.05, 3.63) is 59.2 Å². The van der Waals surface area contributed by atoms with Crippen LogP contribution in [0.2, 0.25) is 0 Å². The molecule has 0 saturated carbocycles. The van der Waals surface area contributed by atoms with Crippen LogP contribution < -0.4 is 11.3 Å². The molecule has 0 aliphatic carbocycles. The van der Waals surface area contributed by atoms with Gasteiger partial charge in [-0.2, -0.15) is 0 Å². The Hall–Kier alpha value is -2.47. The molecule has 0 atom stereocenters. The zero-order valence-corrected chi connectivity index (χ0v) is 11.9. The molecule has 2 rings (SSSR count). The summed E-state index contributed by atoms with van der Waals surface area (Å²) in [5.41, 5.74) is 5.04. The molecule has 0 aliphatic rings. The Morgan fingerprint density at radius 2 is 2.05 bits per heavy atom. The molecule has 0 aliphatic heterocycles. The summed E-state index contributed by atoms with van der Waals surface area (Å²) in [6, 6.07) is 7.74. The normalized spacial score (nSPS) is 10.3. The van der Waals surface area contributed by atoms with Gasteiger partial charge in [0.1, 0.15) is 5.82 Å². The smallest absolute Gasteiger partial charge is 0.257 e. The van der Waals surface area contributed by atoms with Crippen molar-refractivity contribution in [1.29, 1.82) is 0 Å². The maximum absolute atomic E-state index is 12.9. The zero-order valence-electron chi connectivity index (χ0n) is 11.9. The number of aryl methyl sites for hydroxylation is 1. The minimum Gasteiger partial charge on any atom is -0.337 e. The van der Waals surface area contributed by atoms with Crippen molar-refractivity contribution in [2.45, 2.75) is 13.5 Å². The highest BCUT2D eigenvalue weighted by atomic mass is 19.1. The van der Waals surface area contributed by atoms with Crippen molar-refractivity contribution < 1.29 is 9.18 Å². The van der Waals surface area contributed by atoms with E-state index in [0.717, 1.165) is 11.3 Å². The van der Waals surface area contributed by atoms with Crippen LogP contribution in [-0.4, -0.2) is 22.8 Å². The van der Waals surface area contributed by atoms with E-state index >= 15 is 0 Å². The van der Waals surface area contributed by atoms with Crippen molar-refractivity contribution in [3.8, 4) is 0 Å². The van der Waals surface area contributed by atoms with Crippen molar-refractivity contribution in [1.82, 2.24) is 9.88 Å². The van der Waals surface area contributed by atoms with Gasteiger partial charge in [-0.15, -0.1) is 0 Å². The average molecular weight is 288 g/mol. The summed E-state index contributed by atoms with van der Waals surface area (Å²) in [6.45, 7) is 2.19. The second-order valence-corrected chi connectivity index (χ2v) is 4.80. The fraction of sp³-hybridized carbons (Fsp3) is 0.200. The molecule has 3 N–H and O–H groups in total. The lowest BCUT2D eigenvalue weighted by Gasteiger charge is -2.19. The third-order valence-corrected chi connectivity index (χ3v) is 3.11. The average Bonchev–Trinajstić information content (AvgIpc) is 2.48. The SMILES string of the molecule is Cc1cc(NN)c(C(=O)N(C)Cc2ccc(F)cc2)cn1. The van der Waals surface area contributed by atoms with E-state index in [0.29, 0.717) is 17.8 Å². The van der Waals surface area contributed by atoms with E-state index in [-0.39, 0.29) is 11.7 Å². The van der Waals surface area contributed by atoms with E-state index < -0.39 is 0 Å². The number of amides is 1. The summed E-state index contributed by atoms with van der Waals surface area (Å²) in [7, 11) is 1.67. The second-order valence-electron chi connectivity index (χ2n) is 4.80. The molecule has 0 bridgehead atoms. The van der Waals surface area contributed by atoms with Gasteiger partial charge in [-0.05, 0) is 30.7 Å². The predicted octanol–water partition coefficient (Wildman–Crippen LogP) is 2.09. The minimum atomic E-state index is -0.301. The number of anilines is 1. The predicted molar refractivity (Wildman–Crippen MR) is 79.0 cm³/mol. The van der Waals surface area contributed by atoms with Crippen LogP contribution in [0.15, 0.2) is 36.5 Å². The summed E-state index contributed by atoms with van der Waals surface area (Å²) in [5.74, 6) is 4.93. The van der Waals surface area contributed by atoms with Crippen molar-refractivity contribution in [2.75, 3.05) is 12.5 Å². The number of halogens is 1. The molecule has 0 unspecified atom stereocenters. The van der Waals surface area contributed by atoms with Crippen molar-refractivity contribution in [3.63, 3.8) is 0 Å². The van der Waals surface area contributed by atoms with Gasteiger partial charge in [0.25, 0.3) is 5.91 Å². The highest BCUT2D eigenvalue weighted by Crippen LogP contribution is 2.17. The van der Waals surface area contributed by atoms with Gasteiger partial charge >= 0.3 is 0 Å². The monoisotopic (exact) mass is 288 g/mol. The van der Waals surface area contributed by atoms with Crippen LogP contribution >= 0.6 is 0 Å². The third-order valence-electron chi connectivity index (χ3n) is 3.11. The molecule has 0 fully saturated rings. The van der Waals surface area contributed by atoms with Gasteiger partial charge < -0.3 is 10.3 Å². The molecular weight excluding hydrogens is 271 g/mol. The first-order valence-corrected chi connectivity index (χ1v) is 6.44. The first-order chi connectivity index (χ1) is 10.0. The van der Waals surface area contributed by atoms with Gasteiger partial charge in [0, 0.05) is 25.5 Å². The molecule has 1 aromatic heterocycles. The molecule has 1 heterocycles. The Kier molecular flexibility index (Phi) is 4.49. The molecule has 1 aromatic carbocycles. The van der Waals surface area contributed by atoms with E-state index in [1.54, 1.807) is 25.2 Å². The number of rotatable bonds is 4. The van der Waals surface area contributed by atoms with Gasteiger partial charge in [-0.3, -0.25) is 15.6 Å². The van der Waals surface area contributed by atoms with Crippen LogP contribution in [0.3, 0.4) is 0 Å². The number of benzene rings is 1. The first kappa shape index (κ1) is 14.9. The van der Waals surface area contributed by atoms with Crippen LogP contribution in [0, 0.1) is 12.7 Å². The number of pyridine rings is 1. The Balaban J connectivity index is 2.17. The van der Waals surface area contributed by atoms with Crippen LogP contribution in [0.1, 0.15) is 21.6 Å². The van der Waals surface area contributed by atoms with Crippen molar-refractivity contribution >= 4 is 11.6 Å². The Bertz CT molecular complexity index is 643. The minimum absolute atomic E-state index is 0.209. The molecule has 1 amide bonds. The molecule has 0 saturated heterocycles. The molecule has 2 aromatic rings. The number of hydrogen-bond acceptors (Lipinski definition) is 4. The highest BCUT2D eigenvalue weighted by Gasteiger charge is 2.16. The van der Waals surface area contributed by atoms with Crippen LogP contribution in [-0.2, 0) is 6.54 Å². The lowest BCUT2D eigenvalue weighted by atomic mass is 10.1. The number of carbonyl (C=O) groups is 1. The number of nitrogens with two attached hydrogens (primary N) is 1. The Morgan fingerprint density at radius 3 is 2.67 bits per heavy atom. The van der Waals surface area contributed by atoms with Crippen LogP contribution in [0.4, 0.5) is 10.1 Å². The van der Waals surface area contributed by atoms with Gasteiger partial charge in [0.05, 0.1) is 11.3 Å². The number of carbonyl (C=O) groups excluding carboxylic acids is 1. The largest absolute Gasteiger partial charge is 0.337 e. The van der Waals surface area contributed by atoms with Crippen LogP contribution in [0.5, 0.6) is 0 Å². The number of hydrazine groups is 1. The number of nitrogens with one attached hydrogen (secondary N) is 1. The summed E-state index contributed by atoms with van der Waals surface area (Å²) in [6.07, 6.45) is 1.49. The van der Waals surface area contributed by atoms with E-state index in [9.17, 15) is 9.18 Å². The molecule has 110 valence electrons. The summed E-state index contributed by atoms with van der Waals surface area (Å²) in [4.78, 5) is 18.1. The van der Waals surface area contributed by atoms with E-state index in [1.807, 2.05) is 6.92 Å². The highest BCUT2D eigenvalue weighted by molar-refractivity contribution is 5.99. The maximum atomic E-state index is 12.9. The Labute approximate surface area is 122 Å². The standard InChI is InChI=1S/C15H17FN4O/c1-10-7-14(19-17)13(8-18-10)15(21)20(2)9-11-3-5-12(16)6-4-11/h3-8H,9,17H2,1-2H3,(H,18,19). The molecule has 6 heteroatoms.